The first-order valence-corrected chi connectivity index (χ1v) is 7.27. The quantitative estimate of drug-likeness (QED) is 0.805. The summed E-state index contributed by atoms with van der Waals surface area (Å²) in [4.78, 5) is 5.39. The van der Waals surface area contributed by atoms with Crippen LogP contribution in [0.25, 0.3) is 0 Å². The first-order chi connectivity index (χ1) is 9.19. The number of nitrogens with zero attached hydrogens (tertiary/aromatic N) is 2. The van der Waals surface area contributed by atoms with Gasteiger partial charge in [0, 0.05) is 36.6 Å². The Labute approximate surface area is 121 Å². The zero-order valence-electron chi connectivity index (χ0n) is 10.6. The number of halogens is 1. The number of imidazole rings is 1. The zero-order chi connectivity index (χ0) is 13.7. The van der Waals surface area contributed by atoms with E-state index in [1.165, 1.54) is 0 Å². The predicted molar refractivity (Wildman–Crippen MR) is 79.0 cm³/mol. The number of benzene rings is 1. The maximum Gasteiger partial charge on any atom is 0.172 e. The van der Waals surface area contributed by atoms with E-state index in [1.807, 2.05) is 42.1 Å². The Bertz CT molecular complexity index is 515. The van der Waals surface area contributed by atoms with Gasteiger partial charge in [-0.15, -0.1) is 11.6 Å². The summed E-state index contributed by atoms with van der Waals surface area (Å²) < 4.78 is 1.98. The average molecular weight is 298 g/mol. The number of aryl methyl sites for hydroxylation is 1. The molecule has 0 radical (unpaired) electrons. The molecule has 0 spiro atoms. The SMILES string of the molecule is Cn1ccnc1Sc1ccc(NCC(O)CCl)cc1. The Morgan fingerprint density at radius 3 is 2.74 bits per heavy atom. The van der Waals surface area contributed by atoms with E-state index in [-0.39, 0.29) is 5.88 Å². The van der Waals surface area contributed by atoms with Crippen LogP contribution in [0.15, 0.2) is 46.7 Å². The summed E-state index contributed by atoms with van der Waals surface area (Å²) >= 11 is 7.15. The van der Waals surface area contributed by atoms with E-state index in [0.717, 1.165) is 15.7 Å². The number of hydrogen-bond acceptors (Lipinski definition) is 4. The lowest BCUT2D eigenvalue weighted by molar-refractivity contribution is 0.211. The molecule has 1 atom stereocenters. The Kier molecular flexibility index (Phi) is 5.13. The van der Waals surface area contributed by atoms with Crippen molar-refractivity contribution in [2.45, 2.75) is 16.2 Å². The fourth-order valence-corrected chi connectivity index (χ4v) is 2.40. The lowest BCUT2D eigenvalue weighted by Crippen LogP contribution is -2.20. The van der Waals surface area contributed by atoms with E-state index >= 15 is 0 Å². The van der Waals surface area contributed by atoms with Crippen LogP contribution in [-0.4, -0.2) is 33.2 Å². The van der Waals surface area contributed by atoms with E-state index in [9.17, 15) is 5.11 Å². The molecule has 6 heteroatoms. The molecule has 102 valence electrons. The summed E-state index contributed by atoms with van der Waals surface area (Å²) in [7, 11) is 1.97. The number of aliphatic hydroxyl groups excluding tert-OH is 1. The van der Waals surface area contributed by atoms with Crippen LogP contribution in [0.3, 0.4) is 0 Å². The molecular formula is C13H16ClN3OS. The number of aliphatic hydroxyl groups is 1. The number of hydrogen-bond donors (Lipinski definition) is 2. The van der Waals surface area contributed by atoms with Crippen LogP contribution in [0.2, 0.25) is 0 Å². The molecule has 1 heterocycles. The molecule has 0 aliphatic heterocycles. The van der Waals surface area contributed by atoms with Crippen molar-refractivity contribution in [2.24, 2.45) is 7.05 Å². The van der Waals surface area contributed by atoms with Crippen LogP contribution >= 0.6 is 23.4 Å². The summed E-state index contributed by atoms with van der Waals surface area (Å²) in [6, 6.07) is 8.00. The van der Waals surface area contributed by atoms with Crippen molar-refractivity contribution in [1.82, 2.24) is 9.55 Å². The summed E-state index contributed by atoms with van der Waals surface area (Å²) in [5, 5.41) is 13.5. The van der Waals surface area contributed by atoms with Crippen molar-refractivity contribution in [2.75, 3.05) is 17.7 Å². The van der Waals surface area contributed by atoms with Crippen molar-refractivity contribution >= 4 is 29.1 Å². The summed E-state index contributed by atoms with van der Waals surface area (Å²) in [6.07, 6.45) is 3.18. The zero-order valence-corrected chi connectivity index (χ0v) is 12.2. The summed E-state index contributed by atoms with van der Waals surface area (Å²) in [5.74, 6) is 0.236. The molecule has 4 nitrogen and oxygen atoms in total. The topological polar surface area (TPSA) is 50.1 Å². The van der Waals surface area contributed by atoms with Gasteiger partial charge in [-0.25, -0.2) is 4.98 Å². The fourth-order valence-electron chi connectivity index (χ4n) is 1.49. The molecule has 19 heavy (non-hydrogen) atoms. The van der Waals surface area contributed by atoms with Crippen LogP contribution in [0.4, 0.5) is 5.69 Å². The molecular weight excluding hydrogens is 282 g/mol. The smallest absolute Gasteiger partial charge is 0.172 e. The molecule has 1 aromatic heterocycles. The number of alkyl halides is 1. The Balaban J connectivity index is 1.93. The molecule has 0 saturated heterocycles. The van der Waals surface area contributed by atoms with Gasteiger partial charge in [-0.1, -0.05) is 11.8 Å². The van der Waals surface area contributed by atoms with Crippen LogP contribution in [0.5, 0.6) is 0 Å². The van der Waals surface area contributed by atoms with E-state index in [2.05, 4.69) is 10.3 Å². The molecule has 0 amide bonds. The standard InChI is InChI=1S/C13H16ClN3OS/c1-17-7-6-15-13(17)19-12-4-2-10(3-5-12)16-9-11(18)8-14/h2-7,11,16,18H,8-9H2,1H3. The minimum Gasteiger partial charge on any atom is -0.390 e. The Hall–Kier alpha value is -1.17. The molecule has 0 bridgehead atoms. The maximum atomic E-state index is 9.37. The van der Waals surface area contributed by atoms with Crippen molar-refractivity contribution in [1.29, 1.82) is 0 Å². The maximum absolute atomic E-state index is 9.37. The minimum atomic E-state index is -0.525. The van der Waals surface area contributed by atoms with Crippen LogP contribution in [0, 0.1) is 0 Å². The molecule has 2 N–H and O–H groups in total. The van der Waals surface area contributed by atoms with Crippen molar-refractivity contribution in [3.8, 4) is 0 Å². The molecule has 2 aromatic rings. The van der Waals surface area contributed by atoms with E-state index in [0.29, 0.717) is 6.54 Å². The van der Waals surface area contributed by atoms with E-state index < -0.39 is 6.10 Å². The lowest BCUT2D eigenvalue weighted by Gasteiger charge is -2.10. The fraction of sp³-hybridized carbons (Fsp3) is 0.308. The molecule has 1 unspecified atom stereocenters. The molecule has 2 rings (SSSR count). The summed E-state index contributed by atoms with van der Waals surface area (Å²) in [6.45, 7) is 0.454. The van der Waals surface area contributed by atoms with Gasteiger partial charge in [0.1, 0.15) is 0 Å². The molecule has 0 aliphatic carbocycles. The summed E-state index contributed by atoms with van der Waals surface area (Å²) in [5.41, 5.74) is 0.966. The van der Waals surface area contributed by atoms with Crippen molar-refractivity contribution in [3.05, 3.63) is 36.7 Å². The Morgan fingerprint density at radius 1 is 1.42 bits per heavy atom. The highest BCUT2D eigenvalue weighted by atomic mass is 35.5. The van der Waals surface area contributed by atoms with Crippen LogP contribution < -0.4 is 5.32 Å². The number of nitrogens with one attached hydrogen (secondary N) is 1. The highest BCUT2D eigenvalue weighted by Crippen LogP contribution is 2.26. The number of aromatic nitrogens is 2. The van der Waals surface area contributed by atoms with Crippen molar-refractivity contribution in [3.63, 3.8) is 0 Å². The molecule has 1 aromatic carbocycles. The monoisotopic (exact) mass is 297 g/mol. The van der Waals surface area contributed by atoms with Gasteiger partial charge in [-0.05, 0) is 24.3 Å². The van der Waals surface area contributed by atoms with Gasteiger partial charge >= 0.3 is 0 Å². The van der Waals surface area contributed by atoms with E-state index in [4.69, 9.17) is 11.6 Å². The average Bonchev–Trinajstić information content (AvgIpc) is 2.83. The van der Waals surface area contributed by atoms with Gasteiger partial charge in [0.15, 0.2) is 5.16 Å². The normalized spacial score (nSPS) is 12.4. The van der Waals surface area contributed by atoms with Gasteiger partial charge in [-0.3, -0.25) is 0 Å². The second-order valence-corrected chi connectivity index (χ2v) is 5.49. The number of anilines is 1. The van der Waals surface area contributed by atoms with Gasteiger partial charge in [0.2, 0.25) is 0 Å². The molecule has 0 aliphatic rings. The predicted octanol–water partition coefficient (Wildman–Crippen LogP) is 2.58. The molecule has 0 fully saturated rings. The third-order valence-electron chi connectivity index (χ3n) is 2.56. The second-order valence-electron chi connectivity index (χ2n) is 4.14. The first kappa shape index (κ1) is 14.2. The third-order valence-corrected chi connectivity index (χ3v) is 4.00. The van der Waals surface area contributed by atoms with E-state index in [1.54, 1.807) is 18.0 Å². The van der Waals surface area contributed by atoms with Gasteiger partial charge in [0.25, 0.3) is 0 Å². The number of rotatable bonds is 6. The minimum absolute atomic E-state index is 0.236. The highest BCUT2D eigenvalue weighted by molar-refractivity contribution is 7.99. The van der Waals surface area contributed by atoms with Gasteiger partial charge in [-0.2, -0.15) is 0 Å². The highest BCUT2D eigenvalue weighted by Gasteiger charge is 2.04. The van der Waals surface area contributed by atoms with Crippen molar-refractivity contribution < 1.29 is 5.11 Å². The van der Waals surface area contributed by atoms with Gasteiger partial charge in [0.05, 0.1) is 12.0 Å². The largest absolute Gasteiger partial charge is 0.390 e. The lowest BCUT2D eigenvalue weighted by atomic mass is 10.3. The first-order valence-electron chi connectivity index (χ1n) is 5.92. The molecule has 0 saturated carbocycles. The Morgan fingerprint density at radius 2 is 2.16 bits per heavy atom. The third kappa shape index (κ3) is 4.16. The van der Waals surface area contributed by atoms with Crippen LogP contribution in [0.1, 0.15) is 0 Å². The van der Waals surface area contributed by atoms with Crippen LogP contribution in [-0.2, 0) is 7.05 Å². The second kappa shape index (κ2) is 6.84. The van der Waals surface area contributed by atoms with Gasteiger partial charge < -0.3 is 15.0 Å².